The molecule has 20 nitrogen and oxygen atoms in total. The zero-order chi connectivity index (χ0) is 59.4. The van der Waals surface area contributed by atoms with Crippen LogP contribution in [0.5, 0.6) is 5.75 Å². The summed E-state index contributed by atoms with van der Waals surface area (Å²) >= 11 is 1.57. The molecule has 0 aliphatic carbocycles. The SMILES string of the molecule is CNC(=O)c1c(F)cccc1Nc1nc(Nc2cc3c(cc2OC)CCN3C(=O)CN(C)C(=O)CCCCCCCCCCCC(=O)NC(C(=O)N2C[C@H](O)C[C@H]2C(=O)NCc2ccc(-c3scnc3C)cc2)C(C)(C)C)nc2[nH]ccc12. The topological polar surface area (TPSA) is 256 Å². The van der Waals surface area contributed by atoms with Gasteiger partial charge in [-0.25, -0.2) is 9.37 Å². The van der Waals surface area contributed by atoms with E-state index in [0.29, 0.717) is 66.2 Å². The van der Waals surface area contributed by atoms with E-state index in [1.54, 1.807) is 54.8 Å². The number of nitrogens with zero attached hydrogens (tertiary/aromatic N) is 6. The number of anilines is 5. The van der Waals surface area contributed by atoms with Crippen molar-refractivity contribution in [1.82, 2.24) is 45.7 Å². The number of aromatic nitrogens is 4. The number of β-amino-alcohol motifs (C(OH)–C–C–N with tert-alkyl or cyclic N) is 1. The summed E-state index contributed by atoms with van der Waals surface area (Å²) in [7, 11) is 4.62. The van der Waals surface area contributed by atoms with Gasteiger partial charge in [0.1, 0.15) is 35.1 Å². The van der Waals surface area contributed by atoms with Gasteiger partial charge in [-0.15, -0.1) is 11.3 Å². The number of fused-ring (bicyclic) bond motifs is 2. The van der Waals surface area contributed by atoms with Crippen LogP contribution in [0.3, 0.4) is 0 Å². The zero-order valence-electron chi connectivity index (χ0n) is 48.5. The highest BCUT2D eigenvalue weighted by atomic mass is 32.1. The number of aromatic amines is 1. The first-order valence-corrected chi connectivity index (χ1v) is 29.4. The molecule has 3 atom stereocenters. The Hall–Kier alpha value is -7.98. The number of halogens is 1. The minimum Gasteiger partial charge on any atom is -0.495 e. The Morgan fingerprint density at radius 2 is 1.63 bits per heavy atom. The molecule has 7 N–H and O–H groups in total. The van der Waals surface area contributed by atoms with Crippen LogP contribution >= 0.6 is 11.3 Å². The summed E-state index contributed by atoms with van der Waals surface area (Å²) in [6, 6.07) is 15.9. The second-order valence-electron chi connectivity index (χ2n) is 22.5. The van der Waals surface area contributed by atoms with Gasteiger partial charge in [-0.1, -0.05) is 96.0 Å². The molecule has 0 radical (unpaired) electrons. The van der Waals surface area contributed by atoms with Gasteiger partial charge in [0.15, 0.2) is 0 Å². The van der Waals surface area contributed by atoms with Gasteiger partial charge in [-0.2, -0.15) is 9.97 Å². The number of aliphatic hydroxyl groups excluding tert-OH is 1. The molecule has 1 fully saturated rings. The quantitative estimate of drug-likeness (QED) is 0.0251. The number of benzene rings is 3. The molecular weight excluding hydrogens is 1080 g/mol. The lowest BCUT2D eigenvalue weighted by molar-refractivity contribution is -0.144. The first kappa shape index (κ1) is 61.1. The van der Waals surface area contributed by atoms with Gasteiger partial charge in [-0.05, 0) is 78.6 Å². The molecule has 22 heteroatoms. The standard InChI is InChI=1S/C61H77FN12O8S/c1-37-53(83-36-66-37)39-24-22-38(23-25-39)33-65-57(79)47-31-41(75)34-74(47)59(81)54(61(2,3)4)69-49(76)20-15-13-11-9-8-10-12-14-16-21-50(77)72(6)35-51(78)73-29-27-40-30-48(82-7)45(32-46(40)73)68-60-70-55-42(26-28-64-55)56(71-60)67-44-19-17-18-43(62)52(44)58(80)63-5/h17-19,22-26,28,30,32,36,41,47,54,75H,8-16,20-21,27,29,31,33-35H2,1-7H3,(H,63,80)(H,65,79)(H,69,76)(H3,64,67,68,70,71)/t41-,47+,54?/m1/s1. The predicted molar refractivity (Wildman–Crippen MR) is 319 cm³/mol. The number of hydrogen-bond acceptors (Lipinski definition) is 14. The van der Waals surface area contributed by atoms with Crippen LogP contribution in [0.25, 0.3) is 21.5 Å². The van der Waals surface area contributed by atoms with E-state index in [-0.39, 0.29) is 79.2 Å². The molecule has 6 amide bonds. The van der Waals surface area contributed by atoms with Crippen molar-refractivity contribution in [2.24, 2.45) is 5.41 Å². The van der Waals surface area contributed by atoms with Gasteiger partial charge in [0, 0.05) is 64.9 Å². The van der Waals surface area contributed by atoms with E-state index in [1.807, 2.05) is 63.5 Å². The van der Waals surface area contributed by atoms with Crippen LogP contribution in [-0.4, -0.2) is 129 Å². The van der Waals surface area contributed by atoms with Gasteiger partial charge >= 0.3 is 0 Å². The third-order valence-electron chi connectivity index (χ3n) is 15.3. The van der Waals surface area contributed by atoms with Crippen molar-refractivity contribution in [3.63, 3.8) is 0 Å². The van der Waals surface area contributed by atoms with E-state index in [4.69, 9.17) is 4.74 Å². The second kappa shape index (κ2) is 27.9. The molecule has 83 heavy (non-hydrogen) atoms. The first-order valence-electron chi connectivity index (χ1n) is 28.5. The third-order valence-corrected chi connectivity index (χ3v) is 16.3. The van der Waals surface area contributed by atoms with Gasteiger partial charge in [0.25, 0.3) is 5.91 Å². The lowest BCUT2D eigenvalue weighted by Gasteiger charge is -2.35. The number of amides is 6. The molecule has 3 aromatic carbocycles. The lowest BCUT2D eigenvalue weighted by Crippen LogP contribution is -2.57. The number of aryl methyl sites for hydroxylation is 1. The highest BCUT2D eigenvalue weighted by Gasteiger charge is 2.44. The normalized spacial score (nSPS) is 15.2. The smallest absolute Gasteiger partial charge is 0.256 e. The van der Waals surface area contributed by atoms with Gasteiger partial charge in [-0.3, -0.25) is 28.8 Å². The van der Waals surface area contributed by atoms with Crippen LogP contribution in [0.2, 0.25) is 0 Å². The minimum absolute atomic E-state index is 0.0113. The molecule has 0 spiro atoms. The number of nitrogens with one attached hydrogen (secondary N) is 6. The summed E-state index contributed by atoms with van der Waals surface area (Å²) in [4.78, 5) is 103. The van der Waals surface area contributed by atoms with Gasteiger partial charge in [0.05, 0.1) is 58.2 Å². The van der Waals surface area contributed by atoms with Crippen LogP contribution in [0.4, 0.5) is 33.2 Å². The van der Waals surface area contributed by atoms with E-state index in [0.717, 1.165) is 72.2 Å². The number of aliphatic hydroxyl groups is 1. The maximum absolute atomic E-state index is 14.9. The Morgan fingerprint density at radius 1 is 0.916 bits per heavy atom. The Morgan fingerprint density at radius 3 is 2.30 bits per heavy atom. The predicted octanol–water partition coefficient (Wildman–Crippen LogP) is 8.83. The lowest BCUT2D eigenvalue weighted by atomic mass is 9.85. The van der Waals surface area contributed by atoms with Gasteiger partial charge < -0.3 is 56.1 Å². The van der Waals surface area contributed by atoms with Crippen molar-refractivity contribution < 1.29 is 43.0 Å². The first-order chi connectivity index (χ1) is 39.8. The minimum atomic E-state index is -0.879. The fourth-order valence-electron chi connectivity index (χ4n) is 10.6. The number of hydrogen-bond donors (Lipinski definition) is 7. The van der Waals surface area contributed by atoms with E-state index in [1.165, 1.54) is 29.0 Å². The molecule has 0 saturated carbocycles. The van der Waals surface area contributed by atoms with Crippen molar-refractivity contribution in [3.05, 3.63) is 101 Å². The number of ether oxygens (including phenoxy) is 1. The summed E-state index contributed by atoms with van der Waals surface area (Å²) in [6.07, 6.45) is 10.4. The summed E-state index contributed by atoms with van der Waals surface area (Å²) < 4.78 is 20.6. The maximum atomic E-state index is 14.9. The molecular formula is C61H77FN12O8S. The van der Waals surface area contributed by atoms with Crippen molar-refractivity contribution >= 4 is 86.6 Å². The highest BCUT2D eigenvalue weighted by molar-refractivity contribution is 7.13. The fourth-order valence-corrected chi connectivity index (χ4v) is 11.5. The van der Waals surface area contributed by atoms with Crippen LogP contribution in [0, 0.1) is 18.2 Å². The molecule has 2 aliphatic heterocycles. The van der Waals surface area contributed by atoms with Crippen LogP contribution in [-0.2, 0) is 36.9 Å². The van der Waals surface area contributed by atoms with Crippen molar-refractivity contribution in [1.29, 1.82) is 0 Å². The molecule has 6 aromatic rings. The maximum Gasteiger partial charge on any atom is 0.256 e. The summed E-state index contributed by atoms with van der Waals surface area (Å²) in [5, 5.41) is 25.9. The molecule has 0 bridgehead atoms. The Kier molecular flexibility index (Phi) is 20.5. The number of likely N-dealkylation sites (N-methyl/N-ethyl adjacent to an activating group) is 1. The monoisotopic (exact) mass is 1160 g/mol. The molecule has 1 saturated heterocycles. The molecule has 5 heterocycles. The molecule has 8 rings (SSSR count). The molecule has 442 valence electrons. The van der Waals surface area contributed by atoms with Crippen LogP contribution < -0.4 is 36.2 Å². The zero-order valence-corrected chi connectivity index (χ0v) is 49.3. The number of thiazole rings is 1. The largest absolute Gasteiger partial charge is 0.495 e. The van der Waals surface area contributed by atoms with Crippen molar-refractivity contribution in [2.45, 2.75) is 136 Å². The van der Waals surface area contributed by atoms with E-state index in [2.05, 4.69) is 46.5 Å². The van der Waals surface area contributed by atoms with Gasteiger partial charge in [0.2, 0.25) is 35.5 Å². The molecule has 1 unspecified atom stereocenters. The number of carbonyl (C=O) groups is 6. The van der Waals surface area contributed by atoms with Crippen LogP contribution in [0.1, 0.15) is 125 Å². The number of unbranched alkanes of at least 4 members (excludes halogenated alkanes) is 8. The number of H-pyrrole nitrogens is 1. The van der Waals surface area contributed by atoms with E-state index < -0.39 is 35.3 Å². The number of likely N-dealkylation sites (tertiary alicyclic amines) is 1. The fraction of sp³-hybridized carbons (Fsp3) is 0.459. The van der Waals surface area contributed by atoms with Crippen LogP contribution in [0.15, 0.2) is 72.4 Å². The average molecular weight is 1160 g/mol. The van der Waals surface area contributed by atoms with Crippen molar-refractivity contribution in [2.75, 3.05) is 56.4 Å². The number of carbonyl (C=O) groups excluding carboxylic acids is 6. The molecule has 2 aliphatic rings. The number of methoxy groups -OCH3 is 1. The molecule has 3 aromatic heterocycles. The second-order valence-corrected chi connectivity index (χ2v) is 23.3. The number of rotatable bonds is 26. The summed E-state index contributed by atoms with van der Waals surface area (Å²) in [5.41, 5.74) is 6.68. The summed E-state index contributed by atoms with van der Waals surface area (Å²) in [5.74, 6) is -1.59. The van der Waals surface area contributed by atoms with E-state index >= 15 is 0 Å². The third kappa shape index (κ3) is 15.4. The van der Waals surface area contributed by atoms with E-state index in [9.17, 15) is 38.3 Å². The Bertz CT molecular complexity index is 3290. The highest BCUT2D eigenvalue weighted by Crippen LogP contribution is 2.39. The Labute approximate surface area is 487 Å². The summed E-state index contributed by atoms with van der Waals surface area (Å²) in [6.45, 7) is 8.23. The Balaban J connectivity index is 0.720. The van der Waals surface area contributed by atoms with Crippen molar-refractivity contribution in [3.8, 4) is 16.2 Å². The average Bonchev–Trinajstić information content (AvgIpc) is 4.52.